The zero-order chi connectivity index (χ0) is 27.2. The Morgan fingerprint density at radius 3 is 2.44 bits per heavy atom. The monoisotopic (exact) mass is 576 g/mol. The third-order valence-corrected chi connectivity index (χ3v) is 8.05. The Morgan fingerprint density at radius 2 is 1.77 bits per heavy atom. The van der Waals surface area contributed by atoms with Gasteiger partial charge in [-0.3, -0.25) is 4.79 Å². The summed E-state index contributed by atoms with van der Waals surface area (Å²) in [4.78, 5) is 23.0. The Bertz CT molecular complexity index is 1590. The fourth-order valence-corrected chi connectivity index (χ4v) is 5.94. The summed E-state index contributed by atoms with van der Waals surface area (Å²) in [7, 11) is 0. The van der Waals surface area contributed by atoms with Crippen molar-refractivity contribution >= 4 is 63.3 Å². The number of hydrogen-bond donors (Lipinski definition) is 1. The first-order chi connectivity index (χ1) is 19.0. The number of fused-ring (bicyclic) bond motifs is 1. The second kappa shape index (κ2) is 12.0. The molecule has 0 bridgehead atoms. The normalized spacial score (nSPS) is 16.6. The van der Waals surface area contributed by atoms with Crippen molar-refractivity contribution in [1.82, 2.24) is 8.75 Å². The fraction of sp³-hybridized carbons (Fsp3) is 0.172. The average Bonchev–Trinajstić information content (AvgIpc) is 3.77. The lowest BCUT2D eigenvalue weighted by atomic mass is 9.88. The number of carbonyl (C=O) groups excluding carboxylic acids is 2. The van der Waals surface area contributed by atoms with E-state index in [0.29, 0.717) is 46.6 Å². The highest BCUT2D eigenvalue weighted by Gasteiger charge is 2.48. The van der Waals surface area contributed by atoms with Crippen LogP contribution in [-0.4, -0.2) is 32.7 Å². The van der Waals surface area contributed by atoms with Crippen molar-refractivity contribution in [2.45, 2.75) is 25.6 Å². The number of hydrogen-bond acceptors (Lipinski definition) is 10. The summed E-state index contributed by atoms with van der Waals surface area (Å²) in [5.41, 5.74) is 5.23. The van der Waals surface area contributed by atoms with Crippen molar-refractivity contribution < 1.29 is 24.2 Å². The molecule has 0 saturated carbocycles. The van der Waals surface area contributed by atoms with Crippen LogP contribution in [0.15, 0.2) is 81.7 Å². The number of aromatic nitrogens is 2. The number of aliphatic hydroxyl groups is 1. The van der Waals surface area contributed by atoms with Crippen LogP contribution in [0.1, 0.15) is 40.4 Å². The molecular weight excluding hydrogens is 553 g/mol. The van der Waals surface area contributed by atoms with E-state index < -0.39 is 11.8 Å². The van der Waals surface area contributed by atoms with E-state index in [-0.39, 0.29) is 0 Å². The minimum atomic E-state index is -1.87. The van der Waals surface area contributed by atoms with E-state index in [9.17, 15) is 14.7 Å². The molecule has 1 aliphatic rings. The van der Waals surface area contributed by atoms with Gasteiger partial charge in [0.1, 0.15) is 16.8 Å². The van der Waals surface area contributed by atoms with E-state index in [0.717, 1.165) is 41.1 Å². The molecule has 4 heterocycles. The van der Waals surface area contributed by atoms with Crippen molar-refractivity contribution in [2.24, 2.45) is 0 Å². The third kappa shape index (κ3) is 5.84. The molecule has 0 fully saturated rings. The Balaban J connectivity index is 0.000000384. The van der Waals surface area contributed by atoms with Gasteiger partial charge in [0.25, 0.3) is 5.79 Å². The number of cyclic esters (lactones) is 1. The standard InChI is InChI=1S/C24H20N2O4S2.C5H4OS/c1-2-10-29-18-6-4-17(5-7-18)24(28)19(12-15-9-11-31-14-15)22(23(27)30-24)16-3-8-20-21(13-16)26-32-25-20;6-3-5-1-2-7-4-5/h3-9,11,13-14,28H,2,10,12H2,1H3;1-4H. The number of ether oxygens (including phenoxy) is 2. The maximum absolute atomic E-state index is 13.1. The lowest BCUT2D eigenvalue weighted by Gasteiger charge is -2.25. The lowest BCUT2D eigenvalue weighted by molar-refractivity contribution is -0.185. The van der Waals surface area contributed by atoms with Gasteiger partial charge in [0, 0.05) is 28.5 Å². The van der Waals surface area contributed by atoms with Gasteiger partial charge in [-0.2, -0.15) is 31.4 Å². The van der Waals surface area contributed by atoms with Gasteiger partial charge in [-0.25, -0.2) is 4.79 Å². The zero-order valence-electron chi connectivity index (χ0n) is 20.9. The number of aldehydes is 1. The van der Waals surface area contributed by atoms with E-state index in [1.54, 1.807) is 41.7 Å². The van der Waals surface area contributed by atoms with Crippen molar-refractivity contribution in [3.63, 3.8) is 0 Å². The quantitative estimate of drug-likeness (QED) is 0.166. The second-order valence-corrected chi connectivity index (χ2v) is 10.8. The van der Waals surface area contributed by atoms with Crippen LogP contribution in [0.5, 0.6) is 5.75 Å². The Kier molecular flexibility index (Phi) is 8.27. The minimum Gasteiger partial charge on any atom is -0.494 e. The van der Waals surface area contributed by atoms with Gasteiger partial charge in [0.15, 0.2) is 6.29 Å². The number of nitrogens with zero attached hydrogens (tertiary/aromatic N) is 2. The Hall–Kier alpha value is -3.70. The third-order valence-electron chi connectivity index (χ3n) is 6.06. The lowest BCUT2D eigenvalue weighted by Crippen LogP contribution is -2.29. The van der Waals surface area contributed by atoms with Crippen molar-refractivity contribution in [3.8, 4) is 5.75 Å². The first-order valence-electron chi connectivity index (χ1n) is 12.2. The van der Waals surface area contributed by atoms with Crippen LogP contribution in [-0.2, 0) is 21.7 Å². The largest absolute Gasteiger partial charge is 0.494 e. The topological polar surface area (TPSA) is 98.6 Å². The maximum atomic E-state index is 13.1. The predicted molar refractivity (Wildman–Crippen MR) is 154 cm³/mol. The van der Waals surface area contributed by atoms with Crippen molar-refractivity contribution in [1.29, 1.82) is 0 Å². The van der Waals surface area contributed by atoms with Crippen LogP contribution in [0.25, 0.3) is 16.6 Å². The molecule has 0 radical (unpaired) electrons. The molecule has 1 N–H and O–H groups in total. The molecule has 0 aliphatic carbocycles. The first-order valence-corrected chi connectivity index (χ1v) is 14.8. The van der Waals surface area contributed by atoms with Crippen molar-refractivity contribution in [3.05, 3.63) is 104 Å². The van der Waals surface area contributed by atoms with E-state index in [1.165, 1.54) is 11.3 Å². The van der Waals surface area contributed by atoms with Crippen molar-refractivity contribution in [2.75, 3.05) is 6.61 Å². The number of rotatable bonds is 8. The molecule has 0 amide bonds. The molecule has 7 nitrogen and oxygen atoms in total. The van der Waals surface area contributed by atoms with E-state index >= 15 is 0 Å². The van der Waals surface area contributed by atoms with Gasteiger partial charge in [-0.15, -0.1) is 0 Å². The summed E-state index contributed by atoms with van der Waals surface area (Å²) in [6, 6.07) is 16.3. The molecule has 198 valence electrons. The van der Waals surface area contributed by atoms with Gasteiger partial charge in [-0.1, -0.05) is 13.0 Å². The van der Waals surface area contributed by atoms with Gasteiger partial charge < -0.3 is 14.6 Å². The zero-order valence-corrected chi connectivity index (χ0v) is 23.4. The van der Waals surface area contributed by atoms with Crippen LogP contribution in [0.2, 0.25) is 0 Å². The molecule has 1 aliphatic heterocycles. The SMILES string of the molecule is CCCOc1ccc(C2(O)OC(=O)C(c3ccc4nsnc4c3)=C2Cc2ccsc2)cc1.O=Cc1ccsc1. The Labute approximate surface area is 237 Å². The van der Waals surface area contributed by atoms with Gasteiger partial charge in [0.2, 0.25) is 0 Å². The molecule has 0 saturated heterocycles. The van der Waals surface area contributed by atoms with Crippen LogP contribution in [0, 0.1) is 0 Å². The van der Waals surface area contributed by atoms with Crippen LogP contribution in [0.4, 0.5) is 0 Å². The van der Waals surface area contributed by atoms with Crippen LogP contribution in [0.3, 0.4) is 0 Å². The number of carbonyl (C=O) groups is 2. The van der Waals surface area contributed by atoms with Crippen LogP contribution < -0.4 is 4.74 Å². The van der Waals surface area contributed by atoms with E-state index in [4.69, 9.17) is 9.47 Å². The highest BCUT2D eigenvalue weighted by Crippen LogP contribution is 2.45. The molecule has 10 heteroatoms. The average molecular weight is 577 g/mol. The fourth-order valence-electron chi connectivity index (χ4n) is 4.15. The molecule has 6 rings (SSSR count). The van der Waals surface area contributed by atoms with E-state index in [2.05, 4.69) is 8.75 Å². The summed E-state index contributed by atoms with van der Waals surface area (Å²) in [6.45, 7) is 2.65. The predicted octanol–water partition coefficient (Wildman–Crippen LogP) is 6.50. The molecule has 0 spiro atoms. The smallest absolute Gasteiger partial charge is 0.342 e. The summed E-state index contributed by atoms with van der Waals surface area (Å²) in [5, 5.41) is 19.4. The second-order valence-electron chi connectivity index (χ2n) is 8.71. The van der Waals surface area contributed by atoms with Crippen LogP contribution >= 0.6 is 34.4 Å². The Morgan fingerprint density at radius 1 is 1.00 bits per heavy atom. The molecule has 5 aromatic rings. The van der Waals surface area contributed by atoms with E-state index in [1.807, 2.05) is 52.7 Å². The number of esters is 1. The maximum Gasteiger partial charge on any atom is 0.342 e. The molecular formula is C29H24N2O5S3. The highest BCUT2D eigenvalue weighted by atomic mass is 32.1. The van der Waals surface area contributed by atoms with Gasteiger partial charge >= 0.3 is 5.97 Å². The molecule has 39 heavy (non-hydrogen) atoms. The summed E-state index contributed by atoms with van der Waals surface area (Å²) < 4.78 is 19.8. The minimum absolute atomic E-state index is 0.361. The molecule has 1 atom stereocenters. The molecule has 1 unspecified atom stereocenters. The van der Waals surface area contributed by atoms with Gasteiger partial charge in [0.05, 0.1) is 23.9 Å². The molecule has 3 aromatic heterocycles. The summed E-state index contributed by atoms with van der Waals surface area (Å²) in [6.07, 6.45) is 2.12. The summed E-state index contributed by atoms with van der Waals surface area (Å²) >= 11 is 4.22. The molecule has 2 aromatic carbocycles. The first kappa shape index (κ1) is 26.9. The highest BCUT2D eigenvalue weighted by molar-refractivity contribution is 7.08. The van der Waals surface area contributed by atoms with Gasteiger partial charge in [-0.05, 0) is 82.2 Å². The number of benzene rings is 2. The number of thiophene rings is 2. The summed E-state index contributed by atoms with van der Waals surface area (Å²) in [5.74, 6) is -1.73.